The van der Waals surface area contributed by atoms with Crippen LogP contribution in [0.3, 0.4) is 0 Å². The summed E-state index contributed by atoms with van der Waals surface area (Å²) in [6.45, 7) is 5.19. The van der Waals surface area contributed by atoms with E-state index >= 15 is 4.39 Å². The van der Waals surface area contributed by atoms with Crippen molar-refractivity contribution in [2.75, 3.05) is 36.8 Å². The van der Waals surface area contributed by atoms with Gasteiger partial charge in [-0.25, -0.2) is 19.2 Å². The van der Waals surface area contributed by atoms with Gasteiger partial charge in [-0.15, -0.1) is 0 Å². The smallest absolute Gasteiger partial charge is 0.407 e. The number of hydrogen-bond donors (Lipinski definition) is 1. The highest BCUT2D eigenvalue weighted by molar-refractivity contribution is 7.90. The summed E-state index contributed by atoms with van der Waals surface area (Å²) in [4.78, 5) is 37.7. The Kier molecular flexibility index (Phi) is 9.47. The van der Waals surface area contributed by atoms with Crippen LogP contribution < -0.4 is 24.0 Å². The van der Waals surface area contributed by atoms with Crippen molar-refractivity contribution in [2.45, 2.75) is 87.9 Å². The molecule has 15 heteroatoms. The van der Waals surface area contributed by atoms with Gasteiger partial charge in [0, 0.05) is 42.1 Å². The number of pyridine rings is 2. The number of anilines is 2. The molecule has 1 N–H and O–H groups in total. The Morgan fingerprint density at radius 1 is 0.982 bits per heavy atom. The van der Waals surface area contributed by atoms with Crippen molar-refractivity contribution >= 4 is 39.8 Å². The highest BCUT2D eigenvalue weighted by atomic mass is 32.2. The van der Waals surface area contributed by atoms with Gasteiger partial charge in [0.05, 0.1) is 32.3 Å². The van der Waals surface area contributed by atoms with Crippen molar-refractivity contribution in [3.05, 3.63) is 82.8 Å². The number of halogens is 1. The molecule has 5 unspecified atom stereocenters. The molecular weight excluding hydrogens is 750 g/mol. The van der Waals surface area contributed by atoms with Crippen molar-refractivity contribution in [1.82, 2.24) is 24.8 Å². The number of hydrogen-bond acceptors (Lipinski definition) is 11. The van der Waals surface area contributed by atoms with E-state index in [9.17, 15) is 14.5 Å². The highest BCUT2D eigenvalue weighted by Crippen LogP contribution is 2.50. The molecule has 5 atom stereocenters. The van der Waals surface area contributed by atoms with E-state index < -0.39 is 35.2 Å². The Bertz CT molecular complexity index is 2310. The molecule has 57 heavy (non-hydrogen) atoms. The first-order valence-corrected chi connectivity index (χ1v) is 20.8. The molecule has 5 aromatic rings. The third-order valence-electron chi connectivity index (χ3n) is 11.8. The minimum Gasteiger partial charge on any atom is -0.609 e. The summed E-state index contributed by atoms with van der Waals surface area (Å²) < 4.78 is 48.2. The van der Waals surface area contributed by atoms with Gasteiger partial charge in [0.15, 0.2) is 11.6 Å². The van der Waals surface area contributed by atoms with Crippen LogP contribution in [0.25, 0.3) is 22.2 Å². The molecule has 2 bridgehead atoms. The SMILES string of the molecule is COc1ccc(CN(Cc2ccc(OC)cc2)c2cc(-c3nc4c5c(nc([S+](C)[O-])nc5c3F)N3CC5CCC(C3C(C)O4)N5C(=O)O)c(C3CC3)c(C)n2)cc1. The van der Waals surface area contributed by atoms with E-state index in [4.69, 9.17) is 29.2 Å². The summed E-state index contributed by atoms with van der Waals surface area (Å²) in [5, 5.41) is 10.5. The molecule has 296 valence electrons. The normalized spacial score (nSPS) is 21.5. The third kappa shape index (κ3) is 6.59. The lowest BCUT2D eigenvalue weighted by Crippen LogP contribution is -2.64. The summed E-state index contributed by atoms with van der Waals surface area (Å²) in [5.74, 6) is 2.19. The third-order valence-corrected chi connectivity index (χ3v) is 12.5. The first kappa shape index (κ1) is 37.2. The van der Waals surface area contributed by atoms with Gasteiger partial charge in [0.2, 0.25) is 5.88 Å². The van der Waals surface area contributed by atoms with Crippen molar-refractivity contribution in [1.29, 1.82) is 0 Å². The molecule has 1 amide bonds. The van der Waals surface area contributed by atoms with Gasteiger partial charge in [0.1, 0.15) is 46.3 Å². The van der Waals surface area contributed by atoms with Gasteiger partial charge in [-0.3, -0.25) is 4.90 Å². The van der Waals surface area contributed by atoms with E-state index in [-0.39, 0.29) is 40.2 Å². The van der Waals surface area contributed by atoms with Gasteiger partial charge in [0.25, 0.3) is 0 Å². The van der Waals surface area contributed by atoms with Crippen LogP contribution in [-0.4, -0.2) is 91.8 Å². The lowest BCUT2D eigenvalue weighted by Gasteiger charge is -2.47. The quantitative estimate of drug-likeness (QED) is 0.116. The monoisotopic (exact) mass is 793 g/mol. The summed E-state index contributed by atoms with van der Waals surface area (Å²) in [6, 6.07) is 16.6. The van der Waals surface area contributed by atoms with Crippen LogP contribution in [0.2, 0.25) is 0 Å². The van der Waals surface area contributed by atoms with Gasteiger partial charge >= 0.3 is 11.2 Å². The number of ether oxygens (including phenoxy) is 3. The molecule has 2 aromatic carbocycles. The fourth-order valence-corrected chi connectivity index (χ4v) is 9.49. The van der Waals surface area contributed by atoms with E-state index in [1.807, 2.05) is 73.3 Å². The van der Waals surface area contributed by atoms with Crippen LogP contribution >= 0.6 is 0 Å². The molecule has 1 saturated carbocycles. The lowest BCUT2D eigenvalue weighted by atomic mass is 9.97. The summed E-state index contributed by atoms with van der Waals surface area (Å²) in [5.41, 5.74) is 4.40. The van der Waals surface area contributed by atoms with Crippen LogP contribution in [0.1, 0.15) is 60.9 Å². The fourth-order valence-electron chi connectivity index (χ4n) is 9.06. The van der Waals surface area contributed by atoms with Crippen LogP contribution in [0.4, 0.5) is 20.8 Å². The maximum atomic E-state index is 17.6. The Morgan fingerprint density at radius 3 is 2.21 bits per heavy atom. The lowest BCUT2D eigenvalue weighted by molar-refractivity contribution is 0.0707. The molecular formula is C42H44FN7O6S. The average molecular weight is 794 g/mol. The van der Waals surface area contributed by atoms with Gasteiger partial charge in [-0.05, 0) is 92.5 Å². The molecule has 13 nitrogen and oxygen atoms in total. The number of aromatic nitrogens is 4. The Labute approximate surface area is 333 Å². The van der Waals surface area contributed by atoms with Crippen molar-refractivity contribution in [3.63, 3.8) is 0 Å². The van der Waals surface area contributed by atoms with Crippen LogP contribution in [0.15, 0.2) is 59.8 Å². The number of methoxy groups -OCH3 is 2. The number of amides is 1. The number of piperazine rings is 1. The minimum absolute atomic E-state index is 0.0139. The minimum atomic E-state index is -1.65. The zero-order chi connectivity index (χ0) is 39.7. The Hall–Kier alpha value is -5.41. The largest absolute Gasteiger partial charge is 0.609 e. The second-order valence-electron chi connectivity index (χ2n) is 15.4. The molecule has 4 aliphatic rings. The number of fused-ring (bicyclic) bond motifs is 5. The number of benzene rings is 2. The summed E-state index contributed by atoms with van der Waals surface area (Å²) in [6.07, 6.45) is 3.18. The molecule has 3 fully saturated rings. The molecule has 3 aliphatic heterocycles. The van der Waals surface area contributed by atoms with Gasteiger partial charge in [-0.1, -0.05) is 24.3 Å². The second-order valence-corrected chi connectivity index (χ2v) is 16.7. The van der Waals surface area contributed by atoms with E-state index in [0.717, 1.165) is 46.7 Å². The molecule has 0 spiro atoms. The molecule has 0 radical (unpaired) electrons. The highest BCUT2D eigenvalue weighted by Gasteiger charge is 2.53. The zero-order valence-corrected chi connectivity index (χ0v) is 33.3. The number of nitrogens with zero attached hydrogens (tertiary/aromatic N) is 7. The average Bonchev–Trinajstić information content (AvgIpc) is 4.01. The van der Waals surface area contributed by atoms with Crippen molar-refractivity contribution in [2.24, 2.45) is 0 Å². The van der Waals surface area contributed by atoms with Crippen molar-refractivity contribution in [3.8, 4) is 28.6 Å². The zero-order valence-electron chi connectivity index (χ0n) is 32.4. The predicted octanol–water partition coefficient (Wildman–Crippen LogP) is 6.85. The van der Waals surface area contributed by atoms with E-state index in [1.165, 1.54) is 11.2 Å². The van der Waals surface area contributed by atoms with Crippen LogP contribution in [-0.2, 0) is 24.3 Å². The summed E-state index contributed by atoms with van der Waals surface area (Å²) in [7, 11) is 3.28. The van der Waals surface area contributed by atoms with E-state index in [0.29, 0.717) is 55.1 Å². The number of carboxylic acid groups (broad SMARTS) is 1. The van der Waals surface area contributed by atoms with Gasteiger partial charge < -0.3 is 33.7 Å². The first-order chi connectivity index (χ1) is 27.5. The van der Waals surface area contributed by atoms with Crippen LogP contribution in [0, 0.1) is 12.7 Å². The number of carbonyl (C=O) groups is 1. The maximum absolute atomic E-state index is 17.6. The van der Waals surface area contributed by atoms with E-state index in [2.05, 4.69) is 9.88 Å². The summed E-state index contributed by atoms with van der Waals surface area (Å²) >= 11 is -1.65. The van der Waals surface area contributed by atoms with Crippen molar-refractivity contribution < 1.29 is 33.1 Å². The predicted molar refractivity (Wildman–Crippen MR) is 213 cm³/mol. The molecule has 1 aliphatic carbocycles. The Balaban J connectivity index is 1.21. The first-order valence-electron chi connectivity index (χ1n) is 19.2. The fraction of sp³-hybridized carbons (Fsp3) is 0.405. The maximum Gasteiger partial charge on any atom is 0.407 e. The van der Waals surface area contributed by atoms with Crippen LogP contribution in [0.5, 0.6) is 17.4 Å². The van der Waals surface area contributed by atoms with Gasteiger partial charge in [-0.2, -0.15) is 9.97 Å². The standard InChI is InChI=1S/C42H44FN7O6S/c1-22-33(26-10-11-26)30(18-32(44-22)48(19-24-6-13-28(54-3)14-7-24)20-25-8-15-29(55-4)16-9-25)36-35(43)37-34-39(47-41(46-37)57(5)53)49-21-27-12-17-31(50(27)42(51)52)38(49)23(2)56-40(34)45-36/h6-9,13-16,18,23,26-27,31,38H,10-12,17,19-21H2,1-5H3,(H,51,52). The topological polar surface area (TPSA) is 149 Å². The van der Waals surface area contributed by atoms with E-state index in [1.54, 1.807) is 14.2 Å². The molecule has 9 rings (SSSR count). The second kappa shape index (κ2) is 14.5. The molecule has 6 heterocycles. The molecule has 2 saturated heterocycles. The molecule has 3 aromatic heterocycles. The number of aryl methyl sites for hydroxylation is 1. The Morgan fingerprint density at radius 2 is 1.63 bits per heavy atom. The number of rotatable bonds is 10.